The minimum absolute atomic E-state index is 0.0138. The molecule has 138 valence electrons. The van der Waals surface area contributed by atoms with Crippen molar-refractivity contribution < 1.29 is 9.13 Å². The highest BCUT2D eigenvalue weighted by molar-refractivity contribution is 5.69. The van der Waals surface area contributed by atoms with E-state index in [1.807, 2.05) is 26.0 Å². The fraction of sp³-hybridized carbons (Fsp3) is 0.222. The van der Waals surface area contributed by atoms with Gasteiger partial charge < -0.3 is 15.4 Å². The van der Waals surface area contributed by atoms with Gasteiger partial charge >= 0.3 is 0 Å². The van der Waals surface area contributed by atoms with E-state index in [2.05, 4.69) is 35.6 Å². The zero-order valence-electron chi connectivity index (χ0n) is 14.9. The van der Waals surface area contributed by atoms with E-state index in [1.165, 1.54) is 0 Å². The standard InChI is InChI=1S/C18H18FN7O/c1-11-4-5-13(10-22-11)27-7-6-21-18-15(20-3)9-14(19)17(24-18)23-16-8-12(2)25-26-16/h4-5,8-10H,6-7H2,1-2H3,(H3,21,23,24,25,26). The Kier molecular flexibility index (Phi) is 5.47. The summed E-state index contributed by atoms with van der Waals surface area (Å²) in [5, 5.41) is 12.5. The molecule has 0 aromatic carbocycles. The van der Waals surface area contributed by atoms with Crippen LogP contribution in [0.3, 0.4) is 0 Å². The van der Waals surface area contributed by atoms with Crippen LogP contribution in [-0.2, 0) is 0 Å². The summed E-state index contributed by atoms with van der Waals surface area (Å²) in [6.45, 7) is 11.7. The number of nitrogens with zero attached hydrogens (tertiary/aromatic N) is 4. The molecule has 0 aliphatic rings. The van der Waals surface area contributed by atoms with E-state index in [1.54, 1.807) is 12.3 Å². The number of ether oxygens (including phenoxy) is 1. The first-order valence-electron chi connectivity index (χ1n) is 8.21. The highest BCUT2D eigenvalue weighted by atomic mass is 19.1. The minimum atomic E-state index is -0.630. The van der Waals surface area contributed by atoms with E-state index < -0.39 is 5.82 Å². The maximum absolute atomic E-state index is 14.2. The Morgan fingerprint density at radius 2 is 2.11 bits per heavy atom. The average molecular weight is 367 g/mol. The van der Waals surface area contributed by atoms with Gasteiger partial charge in [0, 0.05) is 24.0 Å². The van der Waals surface area contributed by atoms with Gasteiger partial charge in [0.25, 0.3) is 0 Å². The Morgan fingerprint density at radius 1 is 1.26 bits per heavy atom. The number of aromatic amines is 1. The summed E-state index contributed by atoms with van der Waals surface area (Å²) in [5.74, 6) is 0.716. The lowest BCUT2D eigenvalue weighted by Gasteiger charge is -2.12. The Labute approximate surface area is 155 Å². The van der Waals surface area contributed by atoms with Gasteiger partial charge in [0.2, 0.25) is 5.69 Å². The lowest BCUT2D eigenvalue weighted by atomic mass is 10.3. The van der Waals surface area contributed by atoms with Crippen LogP contribution >= 0.6 is 0 Å². The molecule has 0 unspecified atom stereocenters. The van der Waals surface area contributed by atoms with Gasteiger partial charge in [-0.2, -0.15) is 5.10 Å². The van der Waals surface area contributed by atoms with Crippen LogP contribution in [0.2, 0.25) is 0 Å². The molecule has 0 amide bonds. The molecule has 3 heterocycles. The Balaban J connectivity index is 1.65. The third-order valence-electron chi connectivity index (χ3n) is 3.58. The SMILES string of the molecule is [C-]#[N+]c1cc(F)c(Nc2cc(C)[nH]n2)nc1NCCOc1ccc(C)nc1. The second kappa shape index (κ2) is 8.14. The number of pyridine rings is 2. The van der Waals surface area contributed by atoms with Crippen LogP contribution in [0.4, 0.5) is 27.5 Å². The Morgan fingerprint density at radius 3 is 2.78 bits per heavy atom. The van der Waals surface area contributed by atoms with Crippen molar-refractivity contribution in [3.63, 3.8) is 0 Å². The van der Waals surface area contributed by atoms with E-state index in [4.69, 9.17) is 11.3 Å². The molecule has 0 spiro atoms. The maximum Gasteiger partial charge on any atom is 0.231 e. The molecule has 0 aliphatic heterocycles. The van der Waals surface area contributed by atoms with Crippen molar-refractivity contribution in [2.24, 2.45) is 0 Å². The van der Waals surface area contributed by atoms with Crippen LogP contribution in [-0.4, -0.2) is 33.3 Å². The Bertz CT molecular complexity index is 963. The smallest absolute Gasteiger partial charge is 0.231 e. The molecule has 27 heavy (non-hydrogen) atoms. The van der Waals surface area contributed by atoms with E-state index in [-0.39, 0.29) is 17.3 Å². The van der Waals surface area contributed by atoms with E-state index in [9.17, 15) is 4.39 Å². The molecule has 9 heteroatoms. The molecule has 3 aromatic heterocycles. The zero-order chi connectivity index (χ0) is 19.2. The van der Waals surface area contributed by atoms with Gasteiger partial charge in [0.1, 0.15) is 18.2 Å². The molecule has 0 radical (unpaired) electrons. The largest absolute Gasteiger partial charge is 0.490 e. The summed E-state index contributed by atoms with van der Waals surface area (Å²) in [5.41, 5.74) is 1.83. The molecular formula is C18H18FN7O. The zero-order valence-corrected chi connectivity index (χ0v) is 14.9. The number of aromatic nitrogens is 4. The molecule has 0 fully saturated rings. The summed E-state index contributed by atoms with van der Waals surface area (Å²) < 4.78 is 19.8. The third-order valence-corrected chi connectivity index (χ3v) is 3.58. The number of nitrogens with one attached hydrogen (secondary N) is 3. The van der Waals surface area contributed by atoms with Crippen molar-refractivity contribution in [2.45, 2.75) is 13.8 Å². The van der Waals surface area contributed by atoms with E-state index in [0.717, 1.165) is 17.5 Å². The van der Waals surface area contributed by atoms with Crippen LogP contribution in [0.15, 0.2) is 30.5 Å². The summed E-state index contributed by atoms with van der Waals surface area (Å²) in [6, 6.07) is 6.54. The summed E-state index contributed by atoms with van der Waals surface area (Å²) in [6.07, 6.45) is 1.64. The molecule has 0 atom stereocenters. The summed E-state index contributed by atoms with van der Waals surface area (Å²) in [4.78, 5) is 11.6. The second-order valence-corrected chi connectivity index (χ2v) is 5.77. The number of aryl methyl sites for hydroxylation is 2. The first-order valence-corrected chi connectivity index (χ1v) is 8.21. The van der Waals surface area contributed by atoms with Crippen molar-refractivity contribution >= 4 is 23.1 Å². The second-order valence-electron chi connectivity index (χ2n) is 5.77. The third kappa shape index (κ3) is 4.70. The molecule has 0 saturated carbocycles. The number of hydrogen-bond acceptors (Lipinski definition) is 6. The monoisotopic (exact) mass is 367 g/mol. The van der Waals surface area contributed by atoms with E-state index in [0.29, 0.717) is 24.7 Å². The average Bonchev–Trinajstić information content (AvgIpc) is 3.07. The van der Waals surface area contributed by atoms with Crippen LogP contribution in [0, 0.1) is 26.2 Å². The lowest BCUT2D eigenvalue weighted by molar-refractivity contribution is 0.331. The number of rotatable bonds is 7. The molecule has 0 aliphatic carbocycles. The highest BCUT2D eigenvalue weighted by Gasteiger charge is 2.13. The predicted molar refractivity (Wildman–Crippen MR) is 100 cm³/mol. The molecule has 3 aromatic rings. The van der Waals surface area contributed by atoms with Crippen molar-refractivity contribution in [1.82, 2.24) is 20.2 Å². The first-order chi connectivity index (χ1) is 13.0. The van der Waals surface area contributed by atoms with Gasteiger partial charge in [0.05, 0.1) is 12.8 Å². The molecule has 0 bridgehead atoms. The maximum atomic E-state index is 14.2. The Hall–Kier alpha value is -3.67. The van der Waals surface area contributed by atoms with Crippen LogP contribution < -0.4 is 15.4 Å². The fourth-order valence-electron chi connectivity index (χ4n) is 2.26. The summed E-state index contributed by atoms with van der Waals surface area (Å²) in [7, 11) is 0. The van der Waals surface area contributed by atoms with Gasteiger partial charge in [-0.15, -0.1) is 0 Å². The number of halogens is 1. The summed E-state index contributed by atoms with van der Waals surface area (Å²) >= 11 is 0. The molecule has 3 N–H and O–H groups in total. The van der Waals surface area contributed by atoms with Gasteiger partial charge in [-0.1, -0.05) is 0 Å². The number of hydrogen-bond donors (Lipinski definition) is 3. The fourth-order valence-corrected chi connectivity index (χ4v) is 2.26. The number of anilines is 3. The number of H-pyrrole nitrogens is 1. The van der Waals surface area contributed by atoms with Crippen molar-refractivity contribution in [3.8, 4) is 5.75 Å². The van der Waals surface area contributed by atoms with Gasteiger partial charge in [-0.3, -0.25) is 10.1 Å². The predicted octanol–water partition coefficient (Wildman–Crippen LogP) is 3.74. The van der Waals surface area contributed by atoms with Gasteiger partial charge in [-0.25, -0.2) is 14.2 Å². The van der Waals surface area contributed by atoms with Crippen LogP contribution in [0.1, 0.15) is 11.4 Å². The molecule has 0 saturated heterocycles. The van der Waals surface area contributed by atoms with Gasteiger partial charge in [0.15, 0.2) is 17.5 Å². The van der Waals surface area contributed by atoms with Gasteiger partial charge in [-0.05, 0) is 32.0 Å². The first kappa shape index (κ1) is 18.1. The van der Waals surface area contributed by atoms with Crippen LogP contribution in [0.25, 0.3) is 4.85 Å². The minimum Gasteiger partial charge on any atom is -0.490 e. The highest BCUT2D eigenvalue weighted by Crippen LogP contribution is 2.28. The molecule has 3 rings (SSSR count). The quantitative estimate of drug-likeness (QED) is 0.435. The lowest BCUT2D eigenvalue weighted by Crippen LogP contribution is -2.13. The molecular weight excluding hydrogens is 349 g/mol. The normalized spacial score (nSPS) is 10.3. The molecule has 8 nitrogen and oxygen atoms in total. The topological polar surface area (TPSA) is 92.1 Å². The van der Waals surface area contributed by atoms with Crippen molar-refractivity contribution in [1.29, 1.82) is 0 Å². The van der Waals surface area contributed by atoms with E-state index >= 15 is 0 Å². The van der Waals surface area contributed by atoms with Crippen molar-refractivity contribution in [2.75, 3.05) is 23.8 Å². The van der Waals surface area contributed by atoms with Crippen LogP contribution in [0.5, 0.6) is 5.75 Å². The van der Waals surface area contributed by atoms with Crippen molar-refractivity contribution in [3.05, 3.63) is 59.1 Å².